The second-order valence-corrected chi connectivity index (χ2v) is 5.49. The molecule has 1 atom stereocenters. The van der Waals surface area contributed by atoms with Crippen LogP contribution in [0.5, 0.6) is 5.75 Å². The van der Waals surface area contributed by atoms with E-state index in [-0.39, 0.29) is 11.9 Å². The lowest BCUT2D eigenvalue weighted by Gasteiger charge is -2.14. The highest BCUT2D eigenvalue weighted by Crippen LogP contribution is 2.13. The van der Waals surface area contributed by atoms with Gasteiger partial charge in [-0.1, -0.05) is 32.6 Å². The fourth-order valence-corrected chi connectivity index (χ4v) is 2.12. The molecule has 1 aromatic rings. The van der Waals surface area contributed by atoms with E-state index >= 15 is 0 Å². The van der Waals surface area contributed by atoms with Crippen LogP contribution in [0.1, 0.15) is 52.4 Å². The van der Waals surface area contributed by atoms with Crippen molar-refractivity contribution in [1.82, 2.24) is 5.32 Å². The summed E-state index contributed by atoms with van der Waals surface area (Å²) in [6.07, 6.45) is 6.36. The largest absolute Gasteiger partial charge is 0.493 e. The molecule has 1 rings (SSSR count). The number of hydrogen-bond acceptors (Lipinski definition) is 3. The summed E-state index contributed by atoms with van der Waals surface area (Å²) in [5.41, 5.74) is 6.30. The molecule has 0 aliphatic rings. The molecule has 1 amide bonds. The summed E-state index contributed by atoms with van der Waals surface area (Å²) in [4.78, 5) is 11.8. The molecule has 4 heteroatoms. The van der Waals surface area contributed by atoms with Gasteiger partial charge < -0.3 is 15.8 Å². The lowest BCUT2D eigenvalue weighted by atomic mass is 10.1. The molecule has 0 radical (unpaired) electrons. The standard InChI is InChI=1S/C17H28N2O2/c1-3-4-5-6-7-14(2)19-17(20)12-13-21-16-10-8-15(18)9-11-16/h8-11,14H,3-7,12-13,18H2,1-2H3,(H,19,20). The van der Waals surface area contributed by atoms with Gasteiger partial charge in [-0.25, -0.2) is 0 Å². The van der Waals surface area contributed by atoms with Crippen molar-refractivity contribution in [2.75, 3.05) is 12.3 Å². The average Bonchev–Trinajstić information content (AvgIpc) is 2.46. The van der Waals surface area contributed by atoms with E-state index in [0.717, 1.165) is 12.2 Å². The Kier molecular flexibility index (Phi) is 8.32. The minimum absolute atomic E-state index is 0.0495. The normalized spacial score (nSPS) is 11.9. The van der Waals surface area contributed by atoms with Crippen molar-refractivity contribution < 1.29 is 9.53 Å². The predicted octanol–water partition coefficient (Wildman–Crippen LogP) is 3.51. The molecule has 3 N–H and O–H groups in total. The Bertz CT molecular complexity index is 404. The third-order valence-corrected chi connectivity index (χ3v) is 3.38. The SMILES string of the molecule is CCCCCCC(C)NC(=O)CCOc1ccc(N)cc1. The summed E-state index contributed by atoms with van der Waals surface area (Å²) >= 11 is 0. The molecule has 0 fully saturated rings. The van der Waals surface area contributed by atoms with Gasteiger partial charge in [-0.15, -0.1) is 0 Å². The van der Waals surface area contributed by atoms with E-state index in [4.69, 9.17) is 10.5 Å². The third-order valence-electron chi connectivity index (χ3n) is 3.38. The highest BCUT2D eigenvalue weighted by molar-refractivity contribution is 5.76. The van der Waals surface area contributed by atoms with Crippen molar-refractivity contribution in [2.24, 2.45) is 0 Å². The topological polar surface area (TPSA) is 64.3 Å². The van der Waals surface area contributed by atoms with Crippen molar-refractivity contribution >= 4 is 11.6 Å². The van der Waals surface area contributed by atoms with Crippen LogP contribution in [0.3, 0.4) is 0 Å². The number of carbonyl (C=O) groups is 1. The van der Waals surface area contributed by atoms with Gasteiger partial charge >= 0.3 is 0 Å². The monoisotopic (exact) mass is 292 g/mol. The van der Waals surface area contributed by atoms with Gasteiger partial charge in [0.15, 0.2) is 0 Å². The molecule has 118 valence electrons. The Labute approximate surface area is 128 Å². The molecular formula is C17H28N2O2. The molecule has 0 aromatic heterocycles. The van der Waals surface area contributed by atoms with Gasteiger partial charge in [-0.2, -0.15) is 0 Å². The van der Waals surface area contributed by atoms with Crippen LogP contribution >= 0.6 is 0 Å². The number of benzene rings is 1. The molecule has 0 heterocycles. The van der Waals surface area contributed by atoms with Crippen molar-refractivity contribution in [3.8, 4) is 5.75 Å². The zero-order chi connectivity index (χ0) is 15.5. The number of nitrogens with one attached hydrogen (secondary N) is 1. The minimum Gasteiger partial charge on any atom is -0.493 e. The fourth-order valence-electron chi connectivity index (χ4n) is 2.12. The Morgan fingerprint density at radius 2 is 1.95 bits per heavy atom. The smallest absolute Gasteiger partial charge is 0.223 e. The van der Waals surface area contributed by atoms with Crippen molar-refractivity contribution in [2.45, 2.75) is 58.4 Å². The van der Waals surface area contributed by atoms with E-state index in [1.807, 2.05) is 12.1 Å². The molecule has 1 unspecified atom stereocenters. The summed E-state index contributed by atoms with van der Waals surface area (Å²) in [5.74, 6) is 0.790. The minimum atomic E-state index is 0.0495. The third kappa shape index (κ3) is 8.23. The molecule has 21 heavy (non-hydrogen) atoms. The Morgan fingerprint density at radius 1 is 1.24 bits per heavy atom. The van der Waals surface area contributed by atoms with E-state index < -0.39 is 0 Å². The number of anilines is 1. The zero-order valence-electron chi connectivity index (χ0n) is 13.2. The van der Waals surface area contributed by atoms with Crippen molar-refractivity contribution in [3.05, 3.63) is 24.3 Å². The molecule has 0 spiro atoms. The van der Waals surface area contributed by atoms with E-state index in [1.165, 1.54) is 25.7 Å². The Hall–Kier alpha value is -1.71. The van der Waals surface area contributed by atoms with Crippen LogP contribution < -0.4 is 15.8 Å². The Balaban J connectivity index is 2.11. The number of carbonyl (C=O) groups excluding carboxylic acids is 1. The molecular weight excluding hydrogens is 264 g/mol. The quantitative estimate of drug-likeness (QED) is 0.512. The summed E-state index contributed by atoms with van der Waals surface area (Å²) in [6.45, 7) is 4.65. The molecule has 0 saturated carbocycles. The first-order chi connectivity index (χ1) is 10.1. The van der Waals surface area contributed by atoms with Crippen LogP contribution in [-0.4, -0.2) is 18.6 Å². The maximum atomic E-state index is 11.8. The molecule has 4 nitrogen and oxygen atoms in total. The first-order valence-corrected chi connectivity index (χ1v) is 7.89. The van der Waals surface area contributed by atoms with Crippen LogP contribution in [-0.2, 0) is 4.79 Å². The van der Waals surface area contributed by atoms with Gasteiger partial charge in [0.25, 0.3) is 0 Å². The summed E-state index contributed by atoms with van der Waals surface area (Å²) in [6, 6.07) is 7.43. The summed E-state index contributed by atoms with van der Waals surface area (Å²) in [5, 5.41) is 3.01. The maximum absolute atomic E-state index is 11.8. The molecule has 0 saturated heterocycles. The lowest BCUT2D eigenvalue weighted by Crippen LogP contribution is -2.33. The fraction of sp³-hybridized carbons (Fsp3) is 0.588. The first kappa shape index (κ1) is 17.3. The number of amides is 1. The van der Waals surface area contributed by atoms with Gasteiger partial charge in [-0.05, 0) is 37.6 Å². The number of ether oxygens (including phenoxy) is 1. The van der Waals surface area contributed by atoms with Gasteiger partial charge in [0.05, 0.1) is 13.0 Å². The molecule has 0 aliphatic heterocycles. The van der Waals surface area contributed by atoms with Crippen LogP contribution in [0.15, 0.2) is 24.3 Å². The average molecular weight is 292 g/mol. The summed E-state index contributed by atoms with van der Waals surface area (Å²) in [7, 11) is 0. The first-order valence-electron chi connectivity index (χ1n) is 7.89. The van der Waals surface area contributed by atoms with Crippen LogP contribution in [0.2, 0.25) is 0 Å². The maximum Gasteiger partial charge on any atom is 0.223 e. The van der Waals surface area contributed by atoms with Gasteiger partial charge in [-0.3, -0.25) is 4.79 Å². The molecule has 0 bridgehead atoms. The van der Waals surface area contributed by atoms with E-state index in [9.17, 15) is 4.79 Å². The van der Waals surface area contributed by atoms with E-state index in [2.05, 4.69) is 19.2 Å². The zero-order valence-corrected chi connectivity index (χ0v) is 13.2. The second-order valence-electron chi connectivity index (χ2n) is 5.49. The Morgan fingerprint density at radius 3 is 2.62 bits per heavy atom. The van der Waals surface area contributed by atoms with Crippen molar-refractivity contribution in [1.29, 1.82) is 0 Å². The predicted molar refractivity (Wildman–Crippen MR) is 87.3 cm³/mol. The number of rotatable bonds is 10. The number of nitrogens with two attached hydrogens (primary N) is 1. The van der Waals surface area contributed by atoms with Crippen LogP contribution in [0.25, 0.3) is 0 Å². The van der Waals surface area contributed by atoms with Gasteiger partial charge in [0.1, 0.15) is 5.75 Å². The highest BCUT2D eigenvalue weighted by Gasteiger charge is 2.07. The van der Waals surface area contributed by atoms with E-state index in [0.29, 0.717) is 18.7 Å². The van der Waals surface area contributed by atoms with Gasteiger partial charge in [0, 0.05) is 11.7 Å². The molecule has 0 aliphatic carbocycles. The van der Waals surface area contributed by atoms with E-state index in [1.54, 1.807) is 12.1 Å². The summed E-state index contributed by atoms with van der Waals surface area (Å²) < 4.78 is 5.51. The lowest BCUT2D eigenvalue weighted by molar-refractivity contribution is -0.122. The molecule has 1 aromatic carbocycles. The number of nitrogen functional groups attached to an aromatic ring is 1. The number of hydrogen-bond donors (Lipinski definition) is 2. The second kappa shape index (κ2) is 10.1. The van der Waals surface area contributed by atoms with Gasteiger partial charge in [0.2, 0.25) is 5.91 Å². The van der Waals surface area contributed by atoms with Crippen LogP contribution in [0.4, 0.5) is 5.69 Å². The number of unbranched alkanes of at least 4 members (excludes halogenated alkanes) is 3. The highest BCUT2D eigenvalue weighted by atomic mass is 16.5. The van der Waals surface area contributed by atoms with Crippen molar-refractivity contribution in [3.63, 3.8) is 0 Å². The van der Waals surface area contributed by atoms with Crippen LogP contribution in [0, 0.1) is 0 Å².